The molecule has 2 rings (SSSR count). The summed E-state index contributed by atoms with van der Waals surface area (Å²) >= 11 is 0. The van der Waals surface area contributed by atoms with Gasteiger partial charge in [-0.25, -0.2) is 0 Å². The van der Waals surface area contributed by atoms with E-state index in [-0.39, 0.29) is 36.4 Å². The van der Waals surface area contributed by atoms with Crippen molar-refractivity contribution in [2.24, 2.45) is 0 Å². The molecule has 0 nitrogen and oxygen atoms in total. The Bertz CT molecular complexity index is 965. The monoisotopic (exact) mass is 474 g/mol. The quantitative estimate of drug-likeness (QED) is 0.281. The van der Waals surface area contributed by atoms with E-state index in [1.54, 1.807) is 0 Å². The predicted molar refractivity (Wildman–Crippen MR) is 86.6 cm³/mol. The lowest BCUT2D eigenvalue weighted by molar-refractivity contribution is -0.144. The largest absolute Gasteiger partial charge is 0.416 e. The molecule has 170 valence electrons. The number of rotatable bonds is 0. The molecule has 0 aliphatic carbocycles. The molecule has 0 heterocycles. The smallest absolute Gasteiger partial charge is 0.166 e. The molecule has 2 aromatic carbocycles. The van der Waals surface area contributed by atoms with Crippen molar-refractivity contribution in [2.75, 3.05) is 0 Å². The average Bonchev–Trinajstić information content (AvgIpc) is 2.62. The van der Waals surface area contributed by atoms with Gasteiger partial charge in [0, 0.05) is 11.1 Å². The van der Waals surface area contributed by atoms with E-state index in [2.05, 4.69) is 0 Å². The molecule has 0 aliphatic rings. The molecule has 12 heteroatoms. The maximum absolute atomic E-state index is 12.8. The highest BCUT2D eigenvalue weighted by molar-refractivity contribution is 5.49. The second kappa shape index (κ2) is 8.34. The molecule has 0 saturated carbocycles. The zero-order chi connectivity index (χ0) is 24.5. The molecule has 32 heavy (non-hydrogen) atoms. The molecule has 0 amide bonds. The maximum atomic E-state index is 12.8. The molecule has 0 N–H and O–H groups in total. The van der Waals surface area contributed by atoms with Gasteiger partial charge in [-0.15, -0.1) is 0 Å². The van der Waals surface area contributed by atoms with Crippen molar-refractivity contribution in [1.82, 2.24) is 0 Å². The van der Waals surface area contributed by atoms with Gasteiger partial charge in [-0.2, -0.15) is 52.7 Å². The molecule has 0 unspecified atom stereocenters. The van der Waals surface area contributed by atoms with Crippen LogP contribution in [0.25, 0.3) is 0 Å². The second-order valence-corrected chi connectivity index (χ2v) is 6.09. The van der Waals surface area contributed by atoms with Crippen LogP contribution in [0, 0.1) is 23.7 Å². The van der Waals surface area contributed by atoms with E-state index < -0.39 is 58.1 Å². The first-order chi connectivity index (χ1) is 14.4. The van der Waals surface area contributed by atoms with Crippen molar-refractivity contribution in [3.05, 3.63) is 69.8 Å². The second-order valence-electron chi connectivity index (χ2n) is 6.09. The van der Waals surface area contributed by atoms with Gasteiger partial charge in [0.15, 0.2) is 0 Å². The summed E-state index contributed by atoms with van der Waals surface area (Å²) in [6.07, 6.45) is -20.5. The Morgan fingerprint density at radius 3 is 0.781 bits per heavy atom. The number of hydrogen-bond donors (Lipinski definition) is 0. The minimum absolute atomic E-state index is 0.141. The van der Waals surface area contributed by atoms with Gasteiger partial charge in [-0.1, -0.05) is 11.8 Å². The Hall–Kier alpha value is -3.28. The van der Waals surface area contributed by atoms with Crippen LogP contribution in [0.15, 0.2) is 36.4 Å². The molecule has 2 aromatic rings. The molecule has 0 fully saturated rings. The Morgan fingerprint density at radius 2 is 0.594 bits per heavy atom. The third-order valence-corrected chi connectivity index (χ3v) is 3.65. The summed E-state index contributed by atoms with van der Waals surface area (Å²) in [6.45, 7) is 0. The van der Waals surface area contributed by atoms with E-state index >= 15 is 0 Å². The van der Waals surface area contributed by atoms with Crippen LogP contribution in [0.5, 0.6) is 0 Å². The molecule has 0 bridgehead atoms. The average molecular weight is 474 g/mol. The standard InChI is InChI=1S/C20H6F12/c21-17(22,23)13-5-11(6-14(9-13)18(24,25)26)3-1-2-4-12-7-15(19(27,28)29)10-16(8-12)20(30,31)32/h5-10H. The summed E-state index contributed by atoms with van der Waals surface area (Å²) in [5.41, 5.74) is -8.15. The number of hydrogen-bond acceptors (Lipinski definition) is 0. The number of halogens is 12. The van der Waals surface area contributed by atoms with Crippen molar-refractivity contribution >= 4 is 0 Å². The van der Waals surface area contributed by atoms with Crippen molar-refractivity contribution in [3.63, 3.8) is 0 Å². The summed E-state index contributed by atoms with van der Waals surface area (Å²) in [5.74, 6) is 7.35. The first kappa shape index (κ1) is 25.0. The van der Waals surface area contributed by atoms with Crippen LogP contribution in [-0.2, 0) is 24.7 Å². The van der Waals surface area contributed by atoms with Crippen LogP contribution < -0.4 is 0 Å². The summed E-state index contributed by atoms with van der Waals surface area (Å²) < 4.78 is 153. The van der Waals surface area contributed by atoms with Crippen LogP contribution in [0.2, 0.25) is 0 Å². The van der Waals surface area contributed by atoms with Crippen LogP contribution in [0.1, 0.15) is 33.4 Å². The third-order valence-electron chi connectivity index (χ3n) is 3.65. The fourth-order valence-electron chi connectivity index (χ4n) is 2.26. The van der Waals surface area contributed by atoms with Gasteiger partial charge >= 0.3 is 24.7 Å². The van der Waals surface area contributed by atoms with Crippen molar-refractivity contribution in [1.29, 1.82) is 0 Å². The predicted octanol–water partition coefficient (Wildman–Crippen LogP) is 7.17. The SMILES string of the molecule is FC(F)(F)c1cc(C#CC#Cc2cc(C(F)(F)F)cc(C(F)(F)F)c2)cc(C(F)(F)F)c1. The first-order valence-electron chi connectivity index (χ1n) is 7.98. The van der Waals surface area contributed by atoms with Crippen LogP contribution in [0.4, 0.5) is 52.7 Å². The minimum Gasteiger partial charge on any atom is -0.166 e. The summed E-state index contributed by atoms with van der Waals surface area (Å²) in [7, 11) is 0. The van der Waals surface area contributed by atoms with Gasteiger partial charge in [-0.05, 0) is 48.2 Å². The summed E-state index contributed by atoms with van der Waals surface area (Å²) in [6, 6.07) is 0.869. The van der Waals surface area contributed by atoms with Crippen molar-refractivity contribution in [3.8, 4) is 23.7 Å². The Morgan fingerprint density at radius 1 is 0.375 bits per heavy atom. The highest BCUT2D eigenvalue weighted by atomic mass is 19.4. The van der Waals surface area contributed by atoms with E-state index in [1.165, 1.54) is 0 Å². The minimum atomic E-state index is -5.13. The maximum Gasteiger partial charge on any atom is 0.416 e. The lowest BCUT2D eigenvalue weighted by Gasteiger charge is -2.12. The van der Waals surface area contributed by atoms with Crippen LogP contribution >= 0.6 is 0 Å². The zero-order valence-corrected chi connectivity index (χ0v) is 15.0. The fourth-order valence-corrected chi connectivity index (χ4v) is 2.26. The Balaban J connectivity index is 2.49. The fraction of sp³-hybridized carbons (Fsp3) is 0.200. The van der Waals surface area contributed by atoms with E-state index in [1.807, 2.05) is 23.7 Å². The van der Waals surface area contributed by atoms with Crippen LogP contribution in [0.3, 0.4) is 0 Å². The molecule has 0 aliphatic heterocycles. The topological polar surface area (TPSA) is 0 Å². The molecule has 0 spiro atoms. The van der Waals surface area contributed by atoms with Gasteiger partial charge in [0.25, 0.3) is 0 Å². The lowest BCUT2D eigenvalue weighted by atomic mass is 10.0. The normalized spacial score (nSPS) is 12.5. The van der Waals surface area contributed by atoms with Gasteiger partial charge in [-0.3, -0.25) is 0 Å². The molecular weight excluding hydrogens is 468 g/mol. The van der Waals surface area contributed by atoms with E-state index in [9.17, 15) is 52.7 Å². The highest BCUT2D eigenvalue weighted by Crippen LogP contribution is 2.37. The van der Waals surface area contributed by atoms with Crippen LogP contribution in [-0.4, -0.2) is 0 Å². The van der Waals surface area contributed by atoms with Gasteiger partial charge < -0.3 is 0 Å². The lowest BCUT2D eigenvalue weighted by Crippen LogP contribution is -2.11. The van der Waals surface area contributed by atoms with Crippen molar-refractivity contribution in [2.45, 2.75) is 24.7 Å². The molecule has 0 radical (unpaired) electrons. The van der Waals surface area contributed by atoms with E-state index in [0.29, 0.717) is 0 Å². The van der Waals surface area contributed by atoms with E-state index in [0.717, 1.165) is 0 Å². The Labute approximate surface area is 171 Å². The highest BCUT2D eigenvalue weighted by Gasteiger charge is 2.37. The molecule has 0 aromatic heterocycles. The van der Waals surface area contributed by atoms with Gasteiger partial charge in [0.05, 0.1) is 22.3 Å². The Kier molecular flexibility index (Phi) is 6.51. The first-order valence-corrected chi connectivity index (χ1v) is 7.98. The summed E-state index contributed by atoms with van der Waals surface area (Å²) in [4.78, 5) is 0. The van der Waals surface area contributed by atoms with Gasteiger partial charge in [0.1, 0.15) is 0 Å². The van der Waals surface area contributed by atoms with Gasteiger partial charge in [0.2, 0.25) is 0 Å². The zero-order valence-electron chi connectivity index (χ0n) is 15.0. The number of benzene rings is 2. The van der Waals surface area contributed by atoms with Crippen molar-refractivity contribution < 1.29 is 52.7 Å². The molecular formula is C20H6F12. The summed E-state index contributed by atoms with van der Waals surface area (Å²) in [5, 5.41) is 0. The number of alkyl halides is 12. The molecule has 0 saturated heterocycles. The molecule has 0 atom stereocenters. The third kappa shape index (κ3) is 6.61. The van der Waals surface area contributed by atoms with E-state index in [4.69, 9.17) is 0 Å².